The second-order valence-electron chi connectivity index (χ2n) is 5.97. The first-order valence-corrected chi connectivity index (χ1v) is 10.5. The van der Waals surface area contributed by atoms with Crippen LogP contribution in [-0.2, 0) is 15.9 Å². The Morgan fingerprint density at radius 3 is 3.08 bits per heavy atom. The van der Waals surface area contributed by atoms with Gasteiger partial charge in [-0.1, -0.05) is 0 Å². The Labute approximate surface area is 155 Å². The quantitative estimate of drug-likeness (QED) is 0.335. The zero-order chi connectivity index (χ0) is 17.6. The van der Waals surface area contributed by atoms with Crippen molar-refractivity contribution < 1.29 is 13.9 Å². The fraction of sp³-hybridized carbons (Fsp3) is 0.722. The molecule has 2 heterocycles. The van der Waals surface area contributed by atoms with Crippen LogP contribution in [0.4, 0.5) is 0 Å². The molecule has 1 aromatic rings. The first kappa shape index (κ1) is 20.1. The molecule has 1 aliphatic heterocycles. The summed E-state index contributed by atoms with van der Waals surface area (Å²) < 4.78 is 16.6. The van der Waals surface area contributed by atoms with Crippen LogP contribution < -0.4 is 10.6 Å². The zero-order valence-corrected chi connectivity index (χ0v) is 16.0. The van der Waals surface area contributed by atoms with Gasteiger partial charge >= 0.3 is 0 Å². The monoisotopic (exact) mass is 369 g/mol. The van der Waals surface area contributed by atoms with Gasteiger partial charge in [0.2, 0.25) is 0 Å². The third kappa shape index (κ3) is 9.18. The molecule has 0 amide bonds. The van der Waals surface area contributed by atoms with Crippen LogP contribution in [0.15, 0.2) is 27.8 Å². The first-order chi connectivity index (χ1) is 12.4. The van der Waals surface area contributed by atoms with Gasteiger partial charge in [-0.25, -0.2) is 0 Å². The summed E-state index contributed by atoms with van der Waals surface area (Å²) in [6, 6.07) is 3.91. The lowest BCUT2D eigenvalue weighted by Crippen LogP contribution is -2.39. The summed E-state index contributed by atoms with van der Waals surface area (Å²) in [5.74, 6) is 2.90. The Balaban J connectivity index is 1.59. The van der Waals surface area contributed by atoms with Crippen molar-refractivity contribution in [1.29, 1.82) is 0 Å². The van der Waals surface area contributed by atoms with E-state index in [0.29, 0.717) is 12.7 Å². The fourth-order valence-electron chi connectivity index (χ4n) is 2.55. The summed E-state index contributed by atoms with van der Waals surface area (Å²) in [7, 11) is 0. The van der Waals surface area contributed by atoms with Crippen molar-refractivity contribution in [3.63, 3.8) is 0 Å². The molecule has 1 saturated heterocycles. The number of rotatable bonds is 12. The molecule has 0 aliphatic carbocycles. The number of thioether (sulfide) groups is 1. The highest BCUT2D eigenvalue weighted by Crippen LogP contribution is 2.11. The first-order valence-electron chi connectivity index (χ1n) is 9.11. The summed E-state index contributed by atoms with van der Waals surface area (Å²) >= 11 is 1.82. The van der Waals surface area contributed by atoms with E-state index < -0.39 is 0 Å². The van der Waals surface area contributed by atoms with Crippen molar-refractivity contribution >= 4 is 17.7 Å². The topological polar surface area (TPSA) is 68.0 Å². The van der Waals surface area contributed by atoms with Gasteiger partial charge in [-0.3, -0.25) is 4.99 Å². The molecule has 2 rings (SSSR count). The molecule has 1 fully saturated rings. The van der Waals surface area contributed by atoms with Gasteiger partial charge in [0.05, 0.1) is 19.0 Å². The molecular formula is C18H31N3O3S. The summed E-state index contributed by atoms with van der Waals surface area (Å²) in [5.41, 5.74) is 0. The highest BCUT2D eigenvalue weighted by Gasteiger charge is 2.14. The average Bonchev–Trinajstić information content (AvgIpc) is 3.31. The number of nitrogens with one attached hydrogen (secondary N) is 2. The normalized spacial score (nSPS) is 17.8. The molecular weight excluding hydrogens is 338 g/mol. The molecule has 7 heteroatoms. The van der Waals surface area contributed by atoms with Crippen LogP contribution in [0, 0.1) is 0 Å². The summed E-state index contributed by atoms with van der Waals surface area (Å²) in [5, 5.41) is 6.72. The van der Waals surface area contributed by atoms with E-state index in [-0.39, 0.29) is 0 Å². The zero-order valence-electron chi connectivity index (χ0n) is 15.2. The van der Waals surface area contributed by atoms with Gasteiger partial charge in [-0.15, -0.1) is 0 Å². The highest BCUT2D eigenvalue weighted by molar-refractivity contribution is 7.98. The van der Waals surface area contributed by atoms with Gasteiger partial charge in [0.25, 0.3) is 0 Å². The maximum absolute atomic E-state index is 5.68. The van der Waals surface area contributed by atoms with Gasteiger partial charge in [-0.05, 0) is 37.7 Å². The van der Waals surface area contributed by atoms with E-state index in [1.807, 2.05) is 23.9 Å². The van der Waals surface area contributed by atoms with Crippen LogP contribution in [0.2, 0.25) is 0 Å². The minimum Gasteiger partial charge on any atom is -0.469 e. The van der Waals surface area contributed by atoms with Crippen LogP contribution in [-0.4, -0.2) is 63.5 Å². The lowest BCUT2D eigenvalue weighted by atomic mass is 10.2. The molecule has 1 atom stereocenters. The van der Waals surface area contributed by atoms with Gasteiger partial charge < -0.3 is 24.5 Å². The number of guanidine groups is 1. The van der Waals surface area contributed by atoms with Crippen LogP contribution in [0.3, 0.4) is 0 Å². The predicted octanol–water partition coefficient (Wildman–Crippen LogP) is 2.31. The van der Waals surface area contributed by atoms with Crippen LogP contribution in [0.25, 0.3) is 0 Å². The predicted molar refractivity (Wildman–Crippen MR) is 104 cm³/mol. The maximum Gasteiger partial charge on any atom is 0.191 e. The van der Waals surface area contributed by atoms with Gasteiger partial charge in [0, 0.05) is 45.0 Å². The Bertz CT molecular complexity index is 462. The van der Waals surface area contributed by atoms with Crippen molar-refractivity contribution in [2.75, 3.05) is 51.5 Å². The molecule has 0 radical (unpaired) electrons. The van der Waals surface area contributed by atoms with Crippen molar-refractivity contribution in [3.8, 4) is 0 Å². The molecule has 1 aliphatic rings. The standard InChI is InChI=1S/C18H31N3O3S/c1-25-14-10-21-18(20-9-7-16-5-2-12-23-16)19-8-4-11-22-15-17-6-3-13-24-17/h2,5,12,17H,3-4,6-11,13-15H2,1H3,(H2,19,20,21). The highest BCUT2D eigenvalue weighted by atomic mass is 32.2. The van der Waals surface area contributed by atoms with Gasteiger partial charge in [-0.2, -0.15) is 11.8 Å². The Kier molecular flexibility index (Phi) is 10.5. The van der Waals surface area contributed by atoms with E-state index in [1.54, 1.807) is 6.26 Å². The molecule has 1 unspecified atom stereocenters. The number of nitrogens with zero attached hydrogens (tertiary/aromatic N) is 1. The van der Waals surface area contributed by atoms with Crippen molar-refractivity contribution in [3.05, 3.63) is 24.2 Å². The smallest absolute Gasteiger partial charge is 0.191 e. The Morgan fingerprint density at radius 2 is 2.32 bits per heavy atom. The van der Waals surface area contributed by atoms with Crippen LogP contribution in [0.5, 0.6) is 0 Å². The Morgan fingerprint density at radius 1 is 1.40 bits per heavy atom. The lowest BCUT2D eigenvalue weighted by molar-refractivity contribution is 0.0171. The SMILES string of the molecule is CSCCNC(=NCCCOCC1CCCO1)NCCc1ccco1. The van der Waals surface area contributed by atoms with Crippen LogP contribution >= 0.6 is 11.8 Å². The summed E-state index contributed by atoms with van der Waals surface area (Å²) in [4.78, 5) is 4.63. The van der Waals surface area contributed by atoms with Crippen LogP contribution in [0.1, 0.15) is 25.0 Å². The minimum absolute atomic E-state index is 0.301. The molecule has 25 heavy (non-hydrogen) atoms. The fourth-order valence-corrected chi connectivity index (χ4v) is 2.86. The van der Waals surface area contributed by atoms with E-state index >= 15 is 0 Å². The number of hydrogen-bond acceptors (Lipinski definition) is 5. The minimum atomic E-state index is 0.301. The second kappa shape index (κ2) is 13.1. The third-order valence-corrected chi connectivity index (χ3v) is 4.50. The summed E-state index contributed by atoms with van der Waals surface area (Å²) in [6.45, 7) is 4.78. The largest absolute Gasteiger partial charge is 0.469 e. The van der Waals surface area contributed by atoms with E-state index in [9.17, 15) is 0 Å². The van der Waals surface area contributed by atoms with E-state index in [0.717, 1.165) is 76.0 Å². The molecule has 0 spiro atoms. The van der Waals surface area contributed by atoms with Gasteiger partial charge in [0.15, 0.2) is 5.96 Å². The molecule has 0 saturated carbocycles. The average molecular weight is 370 g/mol. The number of ether oxygens (including phenoxy) is 2. The van der Waals surface area contributed by atoms with Gasteiger partial charge in [0.1, 0.15) is 5.76 Å². The van der Waals surface area contributed by atoms with Crippen molar-refractivity contribution in [2.24, 2.45) is 4.99 Å². The molecule has 1 aromatic heterocycles. The van der Waals surface area contributed by atoms with E-state index in [4.69, 9.17) is 13.9 Å². The number of aliphatic imine (C=N–C) groups is 1. The maximum atomic E-state index is 5.68. The van der Waals surface area contributed by atoms with E-state index in [2.05, 4.69) is 21.9 Å². The number of furan rings is 1. The number of hydrogen-bond donors (Lipinski definition) is 2. The summed E-state index contributed by atoms with van der Waals surface area (Å²) in [6.07, 6.45) is 8.16. The molecule has 0 bridgehead atoms. The molecule has 142 valence electrons. The Hall–Kier alpha value is -1.18. The molecule has 6 nitrogen and oxygen atoms in total. The molecule has 0 aromatic carbocycles. The second-order valence-corrected chi connectivity index (χ2v) is 6.96. The van der Waals surface area contributed by atoms with Crippen molar-refractivity contribution in [2.45, 2.75) is 31.8 Å². The van der Waals surface area contributed by atoms with E-state index in [1.165, 1.54) is 0 Å². The third-order valence-electron chi connectivity index (χ3n) is 3.89. The lowest BCUT2D eigenvalue weighted by Gasteiger charge is -2.12. The van der Waals surface area contributed by atoms with Crippen molar-refractivity contribution in [1.82, 2.24) is 10.6 Å². The molecule has 2 N–H and O–H groups in total.